The lowest BCUT2D eigenvalue weighted by Crippen LogP contribution is -2.17. The predicted molar refractivity (Wildman–Crippen MR) is 87.2 cm³/mol. The summed E-state index contributed by atoms with van der Waals surface area (Å²) in [7, 11) is 0. The molecule has 0 unspecified atom stereocenters. The molecule has 3 rings (SSSR count). The Morgan fingerprint density at radius 2 is 1.65 bits per heavy atom. The van der Waals surface area contributed by atoms with Crippen LogP contribution in [-0.4, -0.2) is 19.0 Å². The van der Waals surface area contributed by atoms with Gasteiger partial charge in [-0.25, -0.2) is 8.78 Å². The van der Waals surface area contributed by atoms with Crippen molar-refractivity contribution < 1.29 is 13.6 Å². The number of nitrogens with one attached hydrogen (secondary N) is 1. The molecule has 1 saturated heterocycles. The Labute approximate surface area is 137 Å². The van der Waals surface area contributed by atoms with Gasteiger partial charge in [0, 0.05) is 24.5 Å². The fraction of sp³-hybridized carbons (Fsp3) is 0.235. The first kappa shape index (κ1) is 15.7. The molecule has 0 aliphatic carbocycles. The Kier molecular flexibility index (Phi) is 4.48. The number of rotatable bonds is 3. The topological polar surface area (TPSA) is 32.3 Å². The lowest BCUT2D eigenvalue weighted by molar-refractivity contribution is 0.102. The molecule has 120 valence electrons. The van der Waals surface area contributed by atoms with Gasteiger partial charge in [-0.15, -0.1) is 0 Å². The molecule has 3 nitrogen and oxygen atoms in total. The summed E-state index contributed by atoms with van der Waals surface area (Å²) in [6.45, 7) is 2.08. The quantitative estimate of drug-likeness (QED) is 0.839. The van der Waals surface area contributed by atoms with Gasteiger partial charge in [0.15, 0.2) is 11.6 Å². The lowest BCUT2D eigenvalue weighted by atomic mass is 10.2. The van der Waals surface area contributed by atoms with E-state index in [0.717, 1.165) is 30.9 Å². The predicted octanol–water partition coefficient (Wildman–Crippen LogP) is 4.47. The summed E-state index contributed by atoms with van der Waals surface area (Å²) in [5.74, 6) is -2.77. The highest BCUT2D eigenvalue weighted by atomic mass is 35.5. The average Bonchev–Trinajstić information content (AvgIpc) is 3.06. The van der Waals surface area contributed by atoms with E-state index in [4.69, 9.17) is 11.6 Å². The number of benzene rings is 2. The number of hydrogen-bond donors (Lipinski definition) is 1. The van der Waals surface area contributed by atoms with Crippen LogP contribution in [0.3, 0.4) is 0 Å². The SMILES string of the molecule is O=C(Nc1ccc(N2CCCC2)cc1)c1cc(F)c(F)cc1Cl. The van der Waals surface area contributed by atoms with E-state index in [0.29, 0.717) is 5.69 Å². The van der Waals surface area contributed by atoms with Gasteiger partial charge in [0.1, 0.15) is 0 Å². The molecule has 1 heterocycles. The zero-order valence-corrected chi connectivity index (χ0v) is 13.0. The molecule has 0 aromatic heterocycles. The number of hydrogen-bond acceptors (Lipinski definition) is 2. The van der Waals surface area contributed by atoms with E-state index in [9.17, 15) is 13.6 Å². The average molecular weight is 337 g/mol. The van der Waals surface area contributed by atoms with Gasteiger partial charge in [0.2, 0.25) is 0 Å². The molecular weight excluding hydrogens is 322 g/mol. The molecule has 1 N–H and O–H groups in total. The van der Waals surface area contributed by atoms with Crippen molar-refractivity contribution in [1.82, 2.24) is 0 Å². The molecule has 1 fully saturated rings. The number of amides is 1. The molecule has 2 aromatic rings. The Morgan fingerprint density at radius 3 is 2.30 bits per heavy atom. The van der Waals surface area contributed by atoms with Crippen LogP contribution >= 0.6 is 11.6 Å². The highest BCUT2D eigenvalue weighted by Gasteiger charge is 2.16. The minimum atomic E-state index is -1.11. The third kappa shape index (κ3) is 3.45. The second kappa shape index (κ2) is 6.54. The Bertz CT molecular complexity index is 728. The van der Waals surface area contributed by atoms with Crippen molar-refractivity contribution in [2.24, 2.45) is 0 Å². The van der Waals surface area contributed by atoms with E-state index in [1.165, 1.54) is 12.8 Å². The van der Waals surface area contributed by atoms with Crippen molar-refractivity contribution in [2.75, 3.05) is 23.3 Å². The zero-order valence-electron chi connectivity index (χ0n) is 12.3. The molecule has 2 aromatic carbocycles. The molecule has 1 aliphatic heterocycles. The number of halogens is 3. The highest BCUT2D eigenvalue weighted by molar-refractivity contribution is 6.34. The third-order valence-electron chi connectivity index (χ3n) is 3.85. The van der Waals surface area contributed by atoms with Gasteiger partial charge in [-0.05, 0) is 49.2 Å². The maximum Gasteiger partial charge on any atom is 0.257 e. The number of carbonyl (C=O) groups is 1. The maximum absolute atomic E-state index is 13.3. The molecule has 0 spiro atoms. The van der Waals surface area contributed by atoms with E-state index in [-0.39, 0.29) is 10.6 Å². The van der Waals surface area contributed by atoms with Crippen LogP contribution in [0.25, 0.3) is 0 Å². The first-order valence-corrected chi connectivity index (χ1v) is 7.73. The lowest BCUT2D eigenvalue weighted by Gasteiger charge is -2.17. The monoisotopic (exact) mass is 336 g/mol. The first-order valence-electron chi connectivity index (χ1n) is 7.35. The van der Waals surface area contributed by atoms with Crippen LogP contribution in [-0.2, 0) is 0 Å². The summed E-state index contributed by atoms with van der Waals surface area (Å²) in [6.07, 6.45) is 2.38. The van der Waals surface area contributed by atoms with Crippen molar-refractivity contribution in [1.29, 1.82) is 0 Å². The zero-order chi connectivity index (χ0) is 16.4. The second-order valence-electron chi connectivity index (χ2n) is 5.44. The van der Waals surface area contributed by atoms with Gasteiger partial charge in [-0.3, -0.25) is 4.79 Å². The van der Waals surface area contributed by atoms with Crippen molar-refractivity contribution in [3.63, 3.8) is 0 Å². The number of anilines is 2. The normalized spacial score (nSPS) is 14.1. The van der Waals surface area contributed by atoms with E-state index in [2.05, 4.69) is 10.2 Å². The maximum atomic E-state index is 13.3. The van der Waals surface area contributed by atoms with E-state index < -0.39 is 17.5 Å². The molecule has 0 saturated carbocycles. The van der Waals surface area contributed by atoms with E-state index >= 15 is 0 Å². The minimum Gasteiger partial charge on any atom is -0.372 e. The van der Waals surface area contributed by atoms with Crippen LogP contribution in [0.5, 0.6) is 0 Å². The standard InChI is InChI=1S/C17H15ClF2N2O/c18-14-10-16(20)15(19)9-13(14)17(23)21-11-3-5-12(6-4-11)22-7-1-2-8-22/h3-6,9-10H,1-2,7-8H2,(H,21,23). The summed E-state index contributed by atoms with van der Waals surface area (Å²) in [5, 5.41) is 2.50. The van der Waals surface area contributed by atoms with Gasteiger partial charge >= 0.3 is 0 Å². The molecular formula is C17H15ClF2N2O. The molecule has 0 radical (unpaired) electrons. The van der Waals surface area contributed by atoms with Crippen LogP contribution in [0, 0.1) is 11.6 Å². The van der Waals surface area contributed by atoms with Gasteiger partial charge in [-0.1, -0.05) is 11.6 Å². The van der Waals surface area contributed by atoms with Crippen LogP contribution in [0.4, 0.5) is 20.2 Å². The van der Waals surface area contributed by atoms with E-state index in [1.807, 2.05) is 12.1 Å². The molecule has 6 heteroatoms. The van der Waals surface area contributed by atoms with Gasteiger partial charge in [0.25, 0.3) is 5.91 Å². The van der Waals surface area contributed by atoms with Crippen LogP contribution in [0.1, 0.15) is 23.2 Å². The molecule has 1 amide bonds. The largest absolute Gasteiger partial charge is 0.372 e. The summed E-state index contributed by atoms with van der Waals surface area (Å²) in [4.78, 5) is 14.4. The Morgan fingerprint density at radius 1 is 1.04 bits per heavy atom. The smallest absolute Gasteiger partial charge is 0.257 e. The van der Waals surface area contributed by atoms with Gasteiger partial charge in [-0.2, -0.15) is 0 Å². The summed E-state index contributed by atoms with van der Waals surface area (Å²) < 4.78 is 26.3. The van der Waals surface area contributed by atoms with Crippen molar-refractivity contribution >= 4 is 28.9 Å². The van der Waals surface area contributed by atoms with Gasteiger partial charge < -0.3 is 10.2 Å². The first-order chi connectivity index (χ1) is 11.0. The molecule has 23 heavy (non-hydrogen) atoms. The van der Waals surface area contributed by atoms with Crippen LogP contribution in [0.15, 0.2) is 36.4 Å². The van der Waals surface area contributed by atoms with Crippen molar-refractivity contribution in [3.8, 4) is 0 Å². The highest BCUT2D eigenvalue weighted by Crippen LogP contribution is 2.24. The van der Waals surface area contributed by atoms with Crippen LogP contribution < -0.4 is 10.2 Å². The number of nitrogens with zero attached hydrogens (tertiary/aromatic N) is 1. The summed E-state index contributed by atoms with van der Waals surface area (Å²) in [6, 6.07) is 8.99. The summed E-state index contributed by atoms with van der Waals surface area (Å²) >= 11 is 5.80. The minimum absolute atomic E-state index is 0.103. The fourth-order valence-electron chi connectivity index (χ4n) is 2.63. The molecule has 0 bridgehead atoms. The van der Waals surface area contributed by atoms with Crippen molar-refractivity contribution in [2.45, 2.75) is 12.8 Å². The fourth-order valence-corrected chi connectivity index (χ4v) is 2.86. The van der Waals surface area contributed by atoms with E-state index in [1.54, 1.807) is 12.1 Å². The van der Waals surface area contributed by atoms with Crippen molar-refractivity contribution in [3.05, 3.63) is 58.6 Å². The summed E-state index contributed by atoms with van der Waals surface area (Å²) in [5.41, 5.74) is 1.57. The third-order valence-corrected chi connectivity index (χ3v) is 4.16. The Hall–Kier alpha value is -2.14. The van der Waals surface area contributed by atoms with Gasteiger partial charge in [0.05, 0.1) is 10.6 Å². The molecule has 1 aliphatic rings. The second-order valence-corrected chi connectivity index (χ2v) is 5.85. The number of carbonyl (C=O) groups excluding carboxylic acids is 1. The molecule has 0 atom stereocenters. The van der Waals surface area contributed by atoms with Crippen LogP contribution in [0.2, 0.25) is 5.02 Å². The Balaban J connectivity index is 1.74.